The molecule has 2 aliphatic rings. The number of amides is 1. The van der Waals surface area contributed by atoms with E-state index in [4.69, 9.17) is 9.47 Å². The minimum atomic E-state index is -0.498. The van der Waals surface area contributed by atoms with Crippen LogP contribution in [0.5, 0.6) is 0 Å². The molecule has 1 fully saturated rings. The molecule has 0 N–H and O–H groups in total. The maximum atomic E-state index is 13.0. The fourth-order valence-electron chi connectivity index (χ4n) is 3.20. The van der Waals surface area contributed by atoms with Gasteiger partial charge in [0.25, 0.3) is 5.91 Å². The summed E-state index contributed by atoms with van der Waals surface area (Å²) in [5.74, 6) is -0.685. The van der Waals surface area contributed by atoms with Crippen LogP contribution in [0, 0.1) is 0 Å². The highest BCUT2D eigenvalue weighted by atomic mass is 79.9. The monoisotopic (exact) mass is 405 g/mol. The summed E-state index contributed by atoms with van der Waals surface area (Å²) in [5.41, 5.74) is 2.14. The number of methoxy groups -OCH3 is 1. The summed E-state index contributed by atoms with van der Waals surface area (Å²) in [7, 11) is 1.33. The fraction of sp³-hybridized carbons (Fsp3) is 0.368. The Labute approximate surface area is 155 Å². The molecule has 5 nitrogen and oxygen atoms in total. The molecule has 0 bridgehead atoms. The highest BCUT2D eigenvalue weighted by molar-refractivity contribution is 9.10. The normalized spacial score (nSPS) is 22.2. The van der Waals surface area contributed by atoms with Gasteiger partial charge < -0.3 is 14.4 Å². The van der Waals surface area contributed by atoms with E-state index >= 15 is 0 Å². The van der Waals surface area contributed by atoms with Crippen molar-refractivity contribution in [1.82, 2.24) is 4.90 Å². The van der Waals surface area contributed by atoms with E-state index in [-0.39, 0.29) is 12.0 Å². The maximum Gasteiger partial charge on any atom is 0.340 e. The number of rotatable bonds is 4. The summed E-state index contributed by atoms with van der Waals surface area (Å²) in [6.07, 6.45) is 3.68. The van der Waals surface area contributed by atoms with Crippen molar-refractivity contribution in [3.63, 3.8) is 0 Å². The van der Waals surface area contributed by atoms with E-state index in [1.807, 2.05) is 24.3 Å². The van der Waals surface area contributed by atoms with Gasteiger partial charge in [-0.2, -0.15) is 0 Å². The number of carbonyl (C=O) groups excluding carboxylic acids is 2. The van der Waals surface area contributed by atoms with Crippen LogP contribution in [-0.2, 0) is 19.1 Å². The van der Waals surface area contributed by atoms with Crippen LogP contribution in [0.3, 0.4) is 0 Å². The SMILES string of the molecule is COC(=O)C1=C(C)N(C[C@H]2CCCO2)C(=O)/C1=C\c1cccc(Br)c1. The Kier molecular flexibility index (Phi) is 5.39. The fourth-order valence-corrected chi connectivity index (χ4v) is 3.62. The standard InChI is InChI=1S/C19H20BrNO4/c1-12-17(19(23)24-2)16(10-13-5-3-6-14(20)9-13)18(22)21(12)11-15-7-4-8-25-15/h3,5-6,9-10,15H,4,7-8,11H2,1-2H3/b16-10-/t15-/m1/s1. The molecule has 25 heavy (non-hydrogen) atoms. The molecule has 0 spiro atoms. The number of allylic oxidation sites excluding steroid dienone is 1. The number of halogens is 1. The van der Waals surface area contributed by atoms with Crippen molar-refractivity contribution in [2.75, 3.05) is 20.3 Å². The van der Waals surface area contributed by atoms with E-state index in [2.05, 4.69) is 15.9 Å². The van der Waals surface area contributed by atoms with E-state index in [9.17, 15) is 9.59 Å². The minimum Gasteiger partial charge on any atom is -0.465 e. The first-order valence-electron chi connectivity index (χ1n) is 8.21. The molecule has 132 valence electrons. The van der Waals surface area contributed by atoms with Crippen molar-refractivity contribution in [2.24, 2.45) is 0 Å². The number of ether oxygens (including phenoxy) is 2. The van der Waals surface area contributed by atoms with E-state index in [1.165, 1.54) is 7.11 Å². The van der Waals surface area contributed by atoms with Gasteiger partial charge in [-0.25, -0.2) is 4.79 Å². The number of benzene rings is 1. The Bertz CT molecular complexity index is 762. The Morgan fingerprint density at radius 1 is 1.48 bits per heavy atom. The third-order valence-corrected chi connectivity index (χ3v) is 4.96. The molecule has 0 aromatic heterocycles. The van der Waals surface area contributed by atoms with Gasteiger partial charge in [0, 0.05) is 16.8 Å². The summed E-state index contributed by atoms with van der Waals surface area (Å²) in [6.45, 7) is 2.96. The van der Waals surface area contributed by atoms with Crippen molar-refractivity contribution in [1.29, 1.82) is 0 Å². The molecule has 1 aromatic carbocycles. The smallest absolute Gasteiger partial charge is 0.340 e. The molecule has 1 amide bonds. The maximum absolute atomic E-state index is 13.0. The molecular formula is C19H20BrNO4. The number of nitrogens with zero attached hydrogens (tertiary/aromatic N) is 1. The van der Waals surface area contributed by atoms with Crippen LogP contribution in [0.15, 0.2) is 45.6 Å². The number of carbonyl (C=O) groups is 2. The van der Waals surface area contributed by atoms with Crippen LogP contribution < -0.4 is 0 Å². The molecule has 0 radical (unpaired) electrons. The van der Waals surface area contributed by atoms with Gasteiger partial charge in [0.15, 0.2) is 0 Å². The predicted octanol–water partition coefficient (Wildman–Crippen LogP) is 3.30. The van der Waals surface area contributed by atoms with E-state index in [0.717, 1.165) is 29.5 Å². The third-order valence-electron chi connectivity index (χ3n) is 4.47. The molecule has 2 heterocycles. The largest absolute Gasteiger partial charge is 0.465 e. The molecule has 0 unspecified atom stereocenters. The molecular weight excluding hydrogens is 386 g/mol. The van der Waals surface area contributed by atoms with Crippen molar-refractivity contribution in [2.45, 2.75) is 25.9 Å². The molecule has 0 aliphatic carbocycles. The molecule has 1 atom stereocenters. The van der Waals surface area contributed by atoms with Crippen LogP contribution >= 0.6 is 15.9 Å². The first kappa shape index (κ1) is 17.9. The average molecular weight is 406 g/mol. The molecule has 2 aliphatic heterocycles. The van der Waals surface area contributed by atoms with Gasteiger partial charge >= 0.3 is 5.97 Å². The number of esters is 1. The van der Waals surface area contributed by atoms with E-state index < -0.39 is 5.97 Å². The van der Waals surface area contributed by atoms with Crippen LogP contribution in [0.4, 0.5) is 0 Å². The van der Waals surface area contributed by atoms with Crippen LogP contribution in [0.1, 0.15) is 25.3 Å². The lowest BCUT2D eigenvalue weighted by Crippen LogP contribution is -2.33. The quantitative estimate of drug-likeness (QED) is 0.569. The zero-order chi connectivity index (χ0) is 18.0. The highest BCUT2D eigenvalue weighted by Crippen LogP contribution is 2.33. The molecule has 1 aromatic rings. The summed E-state index contributed by atoms with van der Waals surface area (Å²) in [6, 6.07) is 7.57. The Balaban J connectivity index is 1.98. The van der Waals surface area contributed by atoms with Gasteiger partial charge in [0.2, 0.25) is 0 Å². The summed E-state index contributed by atoms with van der Waals surface area (Å²) >= 11 is 3.42. The van der Waals surface area contributed by atoms with Crippen LogP contribution in [0.25, 0.3) is 6.08 Å². The summed E-state index contributed by atoms with van der Waals surface area (Å²) in [5, 5.41) is 0. The second kappa shape index (κ2) is 7.54. The van der Waals surface area contributed by atoms with E-state index in [0.29, 0.717) is 23.4 Å². The Hall–Kier alpha value is -1.92. The van der Waals surface area contributed by atoms with Crippen LogP contribution in [0.2, 0.25) is 0 Å². The molecule has 0 saturated carbocycles. The lowest BCUT2D eigenvalue weighted by molar-refractivity contribution is -0.136. The van der Waals surface area contributed by atoms with Gasteiger partial charge in [-0.1, -0.05) is 28.1 Å². The van der Waals surface area contributed by atoms with Crippen molar-refractivity contribution in [3.05, 3.63) is 51.1 Å². The molecule has 3 rings (SSSR count). The lowest BCUT2D eigenvalue weighted by atomic mass is 10.0. The second-order valence-corrected chi connectivity index (χ2v) is 7.03. The lowest BCUT2D eigenvalue weighted by Gasteiger charge is -2.21. The highest BCUT2D eigenvalue weighted by Gasteiger charge is 2.38. The summed E-state index contributed by atoms with van der Waals surface area (Å²) in [4.78, 5) is 26.9. The third kappa shape index (κ3) is 3.70. The topological polar surface area (TPSA) is 55.8 Å². The minimum absolute atomic E-state index is 0.0167. The molecule has 1 saturated heterocycles. The summed E-state index contributed by atoms with van der Waals surface area (Å²) < 4.78 is 11.5. The van der Waals surface area contributed by atoms with Crippen molar-refractivity contribution < 1.29 is 19.1 Å². The first-order valence-corrected chi connectivity index (χ1v) is 9.01. The van der Waals surface area contributed by atoms with Crippen molar-refractivity contribution >= 4 is 33.9 Å². The number of hydrogen-bond acceptors (Lipinski definition) is 4. The van der Waals surface area contributed by atoms with Gasteiger partial charge in [-0.15, -0.1) is 0 Å². The van der Waals surface area contributed by atoms with Gasteiger partial charge in [0.05, 0.1) is 30.9 Å². The van der Waals surface area contributed by atoms with Gasteiger partial charge in [0.1, 0.15) is 0 Å². The van der Waals surface area contributed by atoms with Gasteiger partial charge in [-0.05, 0) is 43.5 Å². The Morgan fingerprint density at radius 3 is 2.92 bits per heavy atom. The van der Waals surface area contributed by atoms with Crippen molar-refractivity contribution in [3.8, 4) is 0 Å². The van der Waals surface area contributed by atoms with Gasteiger partial charge in [-0.3, -0.25) is 4.79 Å². The number of hydrogen-bond donors (Lipinski definition) is 0. The van der Waals surface area contributed by atoms with Crippen LogP contribution in [-0.4, -0.2) is 43.1 Å². The molecule has 6 heteroatoms. The average Bonchev–Trinajstić information content (AvgIpc) is 3.18. The zero-order valence-corrected chi connectivity index (χ0v) is 15.8. The predicted molar refractivity (Wildman–Crippen MR) is 97.5 cm³/mol. The Morgan fingerprint density at radius 2 is 2.28 bits per heavy atom. The first-order chi connectivity index (χ1) is 12.0. The van der Waals surface area contributed by atoms with E-state index in [1.54, 1.807) is 17.9 Å². The zero-order valence-electron chi connectivity index (χ0n) is 14.3. The second-order valence-electron chi connectivity index (χ2n) is 6.12.